The first kappa shape index (κ1) is 22.6. The standard InChI is InChI=1S/C27H23N3O2S/c1-32-27(31)24-18-30(17-23(24)20-10-6-7-19(13-20)14-28)16-22-9-3-5-12-26(22)33-25-11-4-2-8-21(25)15-29/h2-13,23-24H,16-18H2,1H3. The molecule has 0 aliphatic carbocycles. The van der Waals surface area contributed by atoms with Crippen molar-refractivity contribution < 1.29 is 9.53 Å². The first-order valence-corrected chi connectivity index (χ1v) is 11.5. The highest BCUT2D eigenvalue weighted by Crippen LogP contribution is 2.37. The number of likely N-dealkylation sites (tertiary alicyclic amines) is 1. The highest BCUT2D eigenvalue weighted by Gasteiger charge is 2.39. The Morgan fingerprint density at radius 2 is 1.76 bits per heavy atom. The molecule has 1 aliphatic heterocycles. The van der Waals surface area contributed by atoms with Gasteiger partial charge >= 0.3 is 5.97 Å². The maximum absolute atomic E-state index is 12.6. The highest BCUT2D eigenvalue weighted by atomic mass is 32.2. The molecule has 0 saturated carbocycles. The van der Waals surface area contributed by atoms with Gasteiger partial charge in [-0.25, -0.2) is 0 Å². The number of esters is 1. The number of carbonyl (C=O) groups excluding carboxylic acids is 1. The largest absolute Gasteiger partial charge is 0.469 e. The first-order chi connectivity index (χ1) is 16.1. The van der Waals surface area contributed by atoms with E-state index in [4.69, 9.17) is 4.74 Å². The number of carbonyl (C=O) groups is 1. The molecule has 0 aromatic heterocycles. The molecule has 2 atom stereocenters. The summed E-state index contributed by atoms with van der Waals surface area (Å²) in [6.07, 6.45) is 0. The van der Waals surface area contributed by atoms with Crippen molar-refractivity contribution in [2.75, 3.05) is 20.2 Å². The molecule has 4 rings (SSSR count). The summed E-state index contributed by atoms with van der Waals surface area (Å²) in [5.41, 5.74) is 3.37. The van der Waals surface area contributed by atoms with Crippen molar-refractivity contribution in [1.29, 1.82) is 10.5 Å². The lowest BCUT2D eigenvalue weighted by Gasteiger charge is -2.18. The Kier molecular flexibility index (Phi) is 7.10. The van der Waals surface area contributed by atoms with Gasteiger partial charge in [-0.1, -0.05) is 54.2 Å². The fraction of sp³-hybridized carbons (Fsp3) is 0.222. The molecule has 0 spiro atoms. The minimum atomic E-state index is -0.289. The summed E-state index contributed by atoms with van der Waals surface area (Å²) in [5, 5.41) is 18.7. The Labute approximate surface area is 198 Å². The molecule has 164 valence electrons. The second kappa shape index (κ2) is 10.4. The molecule has 1 fully saturated rings. The molecule has 0 N–H and O–H groups in total. The van der Waals surface area contributed by atoms with E-state index < -0.39 is 0 Å². The van der Waals surface area contributed by atoms with Gasteiger partial charge in [0, 0.05) is 35.3 Å². The molecule has 5 nitrogen and oxygen atoms in total. The number of hydrogen-bond donors (Lipinski definition) is 0. The fourth-order valence-corrected chi connectivity index (χ4v) is 5.34. The Morgan fingerprint density at radius 1 is 1.00 bits per heavy atom. The van der Waals surface area contributed by atoms with Gasteiger partial charge in [0.15, 0.2) is 0 Å². The number of methoxy groups -OCH3 is 1. The van der Waals surface area contributed by atoms with Crippen LogP contribution in [0.4, 0.5) is 0 Å². The third-order valence-electron chi connectivity index (χ3n) is 5.94. The lowest BCUT2D eigenvalue weighted by atomic mass is 9.88. The smallest absolute Gasteiger partial charge is 0.310 e. The third kappa shape index (κ3) is 5.09. The van der Waals surface area contributed by atoms with Gasteiger partial charge in [0.25, 0.3) is 0 Å². The van der Waals surface area contributed by atoms with Crippen LogP contribution in [0.3, 0.4) is 0 Å². The van der Waals surface area contributed by atoms with E-state index in [0.717, 1.165) is 20.9 Å². The van der Waals surface area contributed by atoms with Gasteiger partial charge in [-0.05, 0) is 41.5 Å². The maximum Gasteiger partial charge on any atom is 0.310 e. The molecule has 1 aliphatic rings. The summed E-state index contributed by atoms with van der Waals surface area (Å²) in [7, 11) is 1.42. The lowest BCUT2D eigenvalue weighted by Crippen LogP contribution is -2.24. The number of rotatable bonds is 6. The highest BCUT2D eigenvalue weighted by molar-refractivity contribution is 7.99. The predicted octanol–water partition coefficient (Wildman–Crippen LogP) is 4.97. The topological polar surface area (TPSA) is 77.1 Å². The van der Waals surface area contributed by atoms with E-state index in [1.54, 1.807) is 17.8 Å². The fourth-order valence-electron chi connectivity index (χ4n) is 4.32. The maximum atomic E-state index is 12.6. The Morgan fingerprint density at radius 3 is 2.52 bits per heavy atom. The van der Waals surface area contributed by atoms with E-state index in [1.807, 2.05) is 54.6 Å². The molecule has 33 heavy (non-hydrogen) atoms. The minimum Gasteiger partial charge on any atom is -0.469 e. The summed E-state index contributed by atoms with van der Waals surface area (Å²) < 4.78 is 5.10. The van der Waals surface area contributed by atoms with Crippen LogP contribution in [0, 0.1) is 28.6 Å². The zero-order valence-corrected chi connectivity index (χ0v) is 19.1. The summed E-state index contributed by atoms with van der Waals surface area (Å²) >= 11 is 1.59. The summed E-state index contributed by atoms with van der Waals surface area (Å²) in [6, 6.07) is 27.7. The van der Waals surface area contributed by atoms with Crippen LogP contribution in [0.1, 0.15) is 28.2 Å². The molecule has 0 bridgehead atoms. The van der Waals surface area contributed by atoms with Gasteiger partial charge in [-0.3, -0.25) is 9.69 Å². The molecule has 3 aromatic carbocycles. The van der Waals surface area contributed by atoms with Crippen molar-refractivity contribution in [2.24, 2.45) is 5.92 Å². The molecule has 3 aromatic rings. The monoisotopic (exact) mass is 453 g/mol. The van der Waals surface area contributed by atoms with Gasteiger partial charge in [0.05, 0.1) is 30.2 Å². The lowest BCUT2D eigenvalue weighted by molar-refractivity contribution is -0.145. The van der Waals surface area contributed by atoms with Gasteiger partial charge in [-0.15, -0.1) is 0 Å². The second-order valence-corrected chi connectivity index (χ2v) is 9.07. The van der Waals surface area contributed by atoms with Gasteiger partial charge in [-0.2, -0.15) is 10.5 Å². The molecular formula is C27H23N3O2S. The Bertz CT molecular complexity index is 1240. The van der Waals surface area contributed by atoms with Crippen LogP contribution in [-0.4, -0.2) is 31.1 Å². The van der Waals surface area contributed by atoms with Crippen LogP contribution in [0.2, 0.25) is 0 Å². The van der Waals surface area contributed by atoms with E-state index in [9.17, 15) is 15.3 Å². The average Bonchev–Trinajstić information content (AvgIpc) is 3.29. The number of ether oxygens (including phenoxy) is 1. The van der Waals surface area contributed by atoms with E-state index >= 15 is 0 Å². The predicted molar refractivity (Wildman–Crippen MR) is 126 cm³/mol. The number of benzene rings is 3. The minimum absolute atomic E-state index is 0.0371. The molecule has 1 heterocycles. The summed E-state index contributed by atoms with van der Waals surface area (Å²) in [4.78, 5) is 16.9. The molecule has 1 saturated heterocycles. The normalized spacial score (nSPS) is 17.8. The molecule has 6 heteroatoms. The van der Waals surface area contributed by atoms with Crippen molar-refractivity contribution in [3.63, 3.8) is 0 Å². The van der Waals surface area contributed by atoms with Gasteiger partial charge in [0.2, 0.25) is 0 Å². The SMILES string of the molecule is COC(=O)C1CN(Cc2ccccc2Sc2ccccc2C#N)CC1c1cccc(C#N)c1. The van der Waals surface area contributed by atoms with Crippen LogP contribution in [0.5, 0.6) is 0 Å². The van der Waals surface area contributed by atoms with Crippen LogP contribution >= 0.6 is 11.8 Å². The molecule has 2 unspecified atom stereocenters. The van der Waals surface area contributed by atoms with Crippen LogP contribution in [0.25, 0.3) is 0 Å². The van der Waals surface area contributed by atoms with Crippen molar-refractivity contribution in [1.82, 2.24) is 4.90 Å². The number of nitriles is 2. The van der Waals surface area contributed by atoms with E-state index in [2.05, 4.69) is 29.2 Å². The quantitative estimate of drug-likeness (QED) is 0.491. The summed E-state index contributed by atoms with van der Waals surface area (Å²) in [5.74, 6) is -0.552. The van der Waals surface area contributed by atoms with Gasteiger partial charge in [0.1, 0.15) is 6.07 Å². The number of hydrogen-bond acceptors (Lipinski definition) is 6. The van der Waals surface area contributed by atoms with Crippen molar-refractivity contribution in [2.45, 2.75) is 22.3 Å². The van der Waals surface area contributed by atoms with Crippen LogP contribution in [0.15, 0.2) is 82.6 Å². The van der Waals surface area contributed by atoms with Crippen molar-refractivity contribution in [3.05, 3.63) is 95.1 Å². The Balaban J connectivity index is 1.58. The van der Waals surface area contributed by atoms with Crippen LogP contribution in [-0.2, 0) is 16.1 Å². The molecular weight excluding hydrogens is 430 g/mol. The Hall–Kier alpha value is -3.58. The zero-order chi connectivity index (χ0) is 23.2. The molecule has 0 radical (unpaired) electrons. The van der Waals surface area contributed by atoms with E-state index in [0.29, 0.717) is 30.8 Å². The van der Waals surface area contributed by atoms with Crippen LogP contribution < -0.4 is 0 Å². The van der Waals surface area contributed by atoms with Crippen molar-refractivity contribution >= 4 is 17.7 Å². The summed E-state index contributed by atoms with van der Waals surface area (Å²) in [6.45, 7) is 1.96. The van der Waals surface area contributed by atoms with E-state index in [-0.39, 0.29) is 17.8 Å². The van der Waals surface area contributed by atoms with E-state index in [1.165, 1.54) is 7.11 Å². The van der Waals surface area contributed by atoms with Gasteiger partial charge < -0.3 is 4.74 Å². The third-order valence-corrected chi connectivity index (χ3v) is 7.13. The molecule has 0 amide bonds. The number of nitrogens with zero attached hydrogens (tertiary/aromatic N) is 3. The first-order valence-electron chi connectivity index (χ1n) is 10.7. The van der Waals surface area contributed by atoms with Crippen molar-refractivity contribution in [3.8, 4) is 12.1 Å². The second-order valence-electron chi connectivity index (χ2n) is 7.99. The zero-order valence-electron chi connectivity index (χ0n) is 18.3. The average molecular weight is 454 g/mol.